The van der Waals surface area contributed by atoms with E-state index in [4.69, 9.17) is 9.47 Å². The highest BCUT2D eigenvalue weighted by Crippen LogP contribution is 2.27. The van der Waals surface area contributed by atoms with Crippen LogP contribution in [0.3, 0.4) is 0 Å². The van der Waals surface area contributed by atoms with Crippen LogP contribution in [-0.4, -0.2) is 64.4 Å². The minimum absolute atomic E-state index is 0.298. The highest BCUT2D eigenvalue weighted by molar-refractivity contribution is 6.07. The van der Waals surface area contributed by atoms with Crippen molar-refractivity contribution in [2.45, 2.75) is 6.54 Å². The molecule has 5 rings (SSSR count). The van der Waals surface area contributed by atoms with Crippen LogP contribution in [-0.2, 0) is 11.3 Å². The number of H-pyrrole nitrogens is 1. The number of anilines is 3. The van der Waals surface area contributed by atoms with Crippen LogP contribution in [0.15, 0.2) is 55.0 Å². The van der Waals surface area contributed by atoms with Crippen molar-refractivity contribution in [2.24, 2.45) is 0 Å². The third-order valence-corrected chi connectivity index (χ3v) is 5.68. The summed E-state index contributed by atoms with van der Waals surface area (Å²) in [5.41, 5.74) is 3.45. The van der Waals surface area contributed by atoms with Crippen molar-refractivity contribution in [3.63, 3.8) is 0 Å². The Hall–Kier alpha value is -4.02. The van der Waals surface area contributed by atoms with Gasteiger partial charge in [-0.3, -0.25) is 14.8 Å². The summed E-state index contributed by atoms with van der Waals surface area (Å²) in [5.74, 6) is 0.927. The number of rotatable bonds is 7. The zero-order valence-corrected chi connectivity index (χ0v) is 18.7. The lowest BCUT2D eigenvalue weighted by molar-refractivity contribution is 0.0342. The topological polar surface area (TPSA) is 117 Å². The molecule has 0 radical (unpaired) electrons. The lowest BCUT2D eigenvalue weighted by atomic mass is 10.2. The van der Waals surface area contributed by atoms with E-state index in [2.05, 4.69) is 35.7 Å². The minimum atomic E-state index is -0.308. The van der Waals surface area contributed by atoms with Gasteiger partial charge >= 0.3 is 0 Å². The van der Waals surface area contributed by atoms with Crippen molar-refractivity contribution in [2.75, 3.05) is 44.0 Å². The van der Waals surface area contributed by atoms with Crippen molar-refractivity contribution in [3.05, 3.63) is 66.2 Å². The molecule has 10 heteroatoms. The zero-order valence-electron chi connectivity index (χ0n) is 18.7. The Kier molecular flexibility index (Phi) is 6.32. The second-order valence-corrected chi connectivity index (χ2v) is 7.93. The number of carbonyl (C=O) groups excluding carboxylic acids is 1. The number of hydrogen-bond acceptors (Lipinski definition) is 8. The fraction of sp³-hybridized carbons (Fsp3) is 0.250. The summed E-state index contributed by atoms with van der Waals surface area (Å²) < 4.78 is 10.7. The van der Waals surface area contributed by atoms with Gasteiger partial charge in [0.15, 0.2) is 0 Å². The summed E-state index contributed by atoms with van der Waals surface area (Å²) in [4.78, 5) is 23.9. The Balaban J connectivity index is 1.29. The number of aromatic amines is 1. The van der Waals surface area contributed by atoms with Gasteiger partial charge in [0.1, 0.15) is 23.6 Å². The number of carbonyl (C=O) groups is 1. The monoisotopic (exact) mass is 459 g/mol. The van der Waals surface area contributed by atoms with Crippen LogP contribution in [0.2, 0.25) is 0 Å². The van der Waals surface area contributed by atoms with Gasteiger partial charge in [0.05, 0.1) is 37.7 Å². The van der Waals surface area contributed by atoms with Gasteiger partial charge in [-0.1, -0.05) is 12.1 Å². The van der Waals surface area contributed by atoms with E-state index in [0.29, 0.717) is 28.6 Å². The molecule has 1 aliphatic rings. The SMILES string of the molecule is COc1ccc2ncnc(Nc3cn[nH]c3C(=O)Nc3ccc(CN4CCOCC4)cc3)c2c1. The van der Waals surface area contributed by atoms with Crippen LogP contribution in [0.25, 0.3) is 10.9 Å². The maximum Gasteiger partial charge on any atom is 0.275 e. The molecule has 0 saturated carbocycles. The molecule has 174 valence electrons. The van der Waals surface area contributed by atoms with Crippen molar-refractivity contribution in [3.8, 4) is 5.75 Å². The van der Waals surface area contributed by atoms with E-state index >= 15 is 0 Å². The van der Waals surface area contributed by atoms with Crippen LogP contribution in [0.5, 0.6) is 5.75 Å². The summed E-state index contributed by atoms with van der Waals surface area (Å²) in [6.45, 7) is 4.27. The van der Waals surface area contributed by atoms with Gasteiger partial charge in [-0.25, -0.2) is 9.97 Å². The quantitative estimate of drug-likeness (QED) is 0.386. The molecule has 3 N–H and O–H groups in total. The van der Waals surface area contributed by atoms with Crippen LogP contribution >= 0.6 is 0 Å². The van der Waals surface area contributed by atoms with Gasteiger partial charge in [0.2, 0.25) is 0 Å². The first-order valence-corrected chi connectivity index (χ1v) is 11.0. The predicted molar refractivity (Wildman–Crippen MR) is 128 cm³/mol. The second-order valence-electron chi connectivity index (χ2n) is 7.93. The van der Waals surface area contributed by atoms with Gasteiger partial charge in [-0.2, -0.15) is 5.10 Å². The van der Waals surface area contributed by atoms with Crippen molar-refractivity contribution in [1.82, 2.24) is 25.1 Å². The number of ether oxygens (including phenoxy) is 2. The highest BCUT2D eigenvalue weighted by atomic mass is 16.5. The number of aromatic nitrogens is 4. The Morgan fingerprint density at radius 3 is 2.76 bits per heavy atom. The van der Waals surface area contributed by atoms with E-state index < -0.39 is 0 Å². The van der Waals surface area contributed by atoms with Gasteiger partial charge in [-0.05, 0) is 35.9 Å². The molecule has 1 amide bonds. The summed E-state index contributed by atoms with van der Waals surface area (Å²) in [7, 11) is 1.60. The van der Waals surface area contributed by atoms with Crippen molar-refractivity contribution < 1.29 is 14.3 Å². The normalized spacial score (nSPS) is 14.1. The molecule has 2 aromatic carbocycles. The van der Waals surface area contributed by atoms with Gasteiger partial charge in [-0.15, -0.1) is 0 Å². The molecule has 2 aromatic heterocycles. The molecule has 1 saturated heterocycles. The lowest BCUT2D eigenvalue weighted by Gasteiger charge is -2.26. The first kappa shape index (κ1) is 21.8. The second kappa shape index (κ2) is 9.86. The number of hydrogen-bond donors (Lipinski definition) is 3. The molecule has 1 aliphatic heterocycles. The van der Waals surface area contributed by atoms with Crippen LogP contribution in [0, 0.1) is 0 Å². The molecule has 34 heavy (non-hydrogen) atoms. The van der Waals surface area contributed by atoms with Crippen LogP contribution in [0.1, 0.15) is 16.1 Å². The van der Waals surface area contributed by atoms with Crippen LogP contribution < -0.4 is 15.4 Å². The number of amides is 1. The third-order valence-electron chi connectivity index (χ3n) is 5.68. The molecular formula is C24H25N7O3. The van der Waals surface area contributed by atoms with E-state index in [1.54, 1.807) is 13.3 Å². The lowest BCUT2D eigenvalue weighted by Crippen LogP contribution is -2.35. The molecule has 1 fully saturated rings. The van der Waals surface area contributed by atoms with E-state index in [-0.39, 0.29) is 5.91 Å². The maximum atomic E-state index is 13.0. The first-order valence-electron chi connectivity index (χ1n) is 11.0. The summed E-state index contributed by atoms with van der Waals surface area (Å²) in [6, 6.07) is 13.4. The van der Waals surface area contributed by atoms with Crippen molar-refractivity contribution >= 4 is 34.0 Å². The Labute approximate surface area is 196 Å². The average Bonchev–Trinajstić information content (AvgIpc) is 3.34. The molecule has 0 atom stereocenters. The highest BCUT2D eigenvalue weighted by Gasteiger charge is 2.17. The molecule has 0 aliphatic carbocycles. The molecule has 3 heterocycles. The smallest absolute Gasteiger partial charge is 0.275 e. The number of fused-ring (bicyclic) bond motifs is 1. The largest absolute Gasteiger partial charge is 0.497 e. The molecule has 0 bridgehead atoms. The predicted octanol–water partition coefficient (Wildman–Crippen LogP) is 3.19. The van der Waals surface area contributed by atoms with E-state index in [1.807, 2.05) is 42.5 Å². The molecule has 10 nitrogen and oxygen atoms in total. The zero-order chi connectivity index (χ0) is 23.3. The summed E-state index contributed by atoms with van der Waals surface area (Å²) in [6.07, 6.45) is 3.02. The average molecular weight is 460 g/mol. The van der Waals surface area contributed by atoms with Gasteiger partial charge in [0, 0.05) is 30.7 Å². The van der Waals surface area contributed by atoms with Gasteiger partial charge < -0.3 is 20.1 Å². The fourth-order valence-electron chi connectivity index (χ4n) is 3.85. The van der Waals surface area contributed by atoms with Gasteiger partial charge in [0.25, 0.3) is 5.91 Å². The number of benzene rings is 2. The summed E-state index contributed by atoms with van der Waals surface area (Å²) in [5, 5.41) is 13.7. The molecule has 0 unspecified atom stereocenters. The maximum absolute atomic E-state index is 13.0. The Morgan fingerprint density at radius 2 is 1.97 bits per heavy atom. The minimum Gasteiger partial charge on any atom is -0.497 e. The van der Waals surface area contributed by atoms with E-state index in [0.717, 1.165) is 43.8 Å². The first-order chi connectivity index (χ1) is 16.7. The third kappa shape index (κ3) is 4.82. The number of nitrogens with zero attached hydrogens (tertiary/aromatic N) is 4. The van der Waals surface area contributed by atoms with Crippen molar-refractivity contribution in [1.29, 1.82) is 0 Å². The van der Waals surface area contributed by atoms with Crippen LogP contribution in [0.4, 0.5) is 17.2 Å². The Morgan fingerprint density at radius 1 is 1.15 bits per heavy atom. The fourth-order valence-corrected chi connectivity index (χ4v) is 3.85. The molecule has 0 spiro atoms. The Bertz CT molecular complexity index is 1280. The number of methoxy groups -OCH3 is 1. The molecular weight excluding hydrogens is 434 g/mol. The van der Waals surface area contributed by atoms with E-state index in [9.17, 15) is 4.79 Å². The summed E-state index contributed by atoms with van der Waals surface area (Å²) >= 11 is 0. The molecule has 4 aromatic rings. The number of nitrogens with one attached hydrogen (secondary N) is 3. The number of morpholine rings is 1. The standard InChI is InChI=1S/C24H25N7O3/c1-33-18-6-7-20-19(12-18)23(26-15-25-20)29-21-13-27-30-22(21)24(32)28-17-4-2-16(3-5-17)14-31-8-10-34-11-9-31/h2-7,12-13,15H,8-11,14H2,1H3,(H,27,30)(H,28,32)(H,25,26,29). The van der Waals surface area contributed by atoms with E-state index in [1.165, 1.54) is 11.9 Å².